The van der Waals surface area contributed by atoms with E-state index in [2.05, 4.69) is 5.16 Å². The van der Waals surface area contributed by atoms with Gasteiger partial charge in [0, 0.05) is 30.9 Å². The molecule has 0 unspecified atom stereocenters. The predicted octanol–water partition coefficient (Wildman–Crippen LogP) is 1.62. The third-order valence-electron chi connectivity index (χ3n) is 4.31. The average Bonchev–Trinajstić information content (AvgIpc) is 3.04. The number of sulfonamides is 1. The number of pyridine rings is 1. The van der Waals surface area contributed by atoms with Gasteiger partial charge in [-0.2, -0.15) is 4.31 Å². The zero-order chi connectivity index (χ0) is 17.2. The summed E-state index contributed by atoms with van der Waals surface area (Å²) in [6, 6.07) is 2.69. The Morgan fingerprint density at radius 2 is 1.96 bits per heavy atom. The summed E-state index contributed by atoms with van der Waals surface area (Å²) in [5.41, 5.74) is 1.30. The molecular formula is C16H21N3O4S. The van der Waals surface area contributed by atoms with Crippen molar-refractivity contribution in [3.8, 4) is 0 Å². The molecule has 2 aromatic rings. The molecule has 1 fully saturated rings. The molecule has 1 aliphatic rings. The normalized spacial score (nSPS) is 16.4. The number of piperidine rings is 1. The molecule has 0 saturated carbocycles. The third kappa shape index (κ3) is 3.29. The summed E-state index contributed by atoms with van der Waals surface area (Å²) in [4.78, 5) is 12.3. The highest BCUT2D eigenvalue weighted by Gasteiger charge is 2.26. The second-order valence-corrected chi connectivity index (χ2v) is 7.87. The van der Waals surface area contributed by atoms with Gasteiger partial charge in [0.05, 0.1) is 17.1 Å². The van der Waals surface area contributed by atoms with Gasteiger partial charge in [-0.25, -0.2) is 8.42 Å². The molecule has 0 aromatic carbocycles. The number of rotatable bonds is 5. The molecule has 0 bridgehead atoms. The van der Waals surface area contributed by atoms with Crippen molar-refractivity contribution in [3.63, 3.8) is 0 Å². The fraction of sp³-hybridized carbons (Fsp3) is 0.500. The molecule has 3 rings (SSSR count). The van der Waals surface area contributed by atoms with Crippen LogP contribution in [0.4, 0.5) is 0 Å². The van der Waals surface area contributed by atoms with Crippen molar-refractivity contribution in [2.45, 2.75) is 44.0 Å². The molecule has 0 spiro atoms. The summed E-state index contributed by atoms with van der Waals surface area (Å²) in [7, 11) is -3.56. The van der Waals surface area contributed by atoms with Gasteiger partial charge in [-0.05, 0) is 25.3 Å². The summed E-state index contributed by atoms with van der Waals surface area (Å²) in [5, 5.41) is 3.89. The monoisotopic (exact) mass is 351 g/mol. The molecule has 0 N–H and O–H groups in total. The van der Waals surface area contributed by atoms with Crippen LogP contribution in [0.5, 0.6) is 0 Å². The Labute approximate surface area is 140 Å². The smallest absolute Gasteiger partial charge is 0.250 e. The van der Waals surface area contributed by atoms with Crippen LogP contribution >= 0.6 is 0 Å². The Hall–Kier alpha value is -1.93. The zero-order valence-corrected chi connectivity index (χ0v) is 14.5. The molecule has 0 aliphatic carbocycles. The molecule has 2 aromatic heterocycles. The second kappa shape index (κ2) is 6.90. The Morgan fingerprint density at radius 3 is 2.67 bits per heavy atom. The van der Waals surface area contributed by atoms with E-state index in [0.29, 0.717) is 19.5 Å². The molecule has 0 amide bonds. The van der Waals surface area contributed by atoms with Crippen molar-refractivity contribution in [1.82, 2.24) is 14.0 Å². The largest absolute Gasteiger partial charge is 0.364 e. The van der Waals surface area contributed by atoms with Crippen LogP contribution in [0.3, 0.4) is 0 Å². The first kappa shape index (κ1) is 16.9. The lowest BCUT2D eigenvalue weighted by molar-refractivity contribution is 0.346. The number of hydrogen-bond acceptors (Lipinski definition) is 5. The van der Waals surface area contributed by atoms with Crippen LogP contribution in [0.2, 0.25) is 0 Å². The van der Waals surface area contributed by atoms with E-state index in [9.17, 15) is 13.2 Å². The highest BCUT2D eigenvalue weighted by Crippen LogP contribution is 2.20. The van der Waals surface area contributed by atoms with Crippen molar-refractivity contribution >= 4 is 10.0 Å². The maximum Gasteiger partial charge on any atom is 0.250 e. The maximum absolute atomic E-state index is 12.8. The highest BCUT2D eigenvalue weighted by molar-refractivity contribution is 7.89. The molecule has 1 saturated heterocycles. The number of aryl methyl sites for hydroxylation is 1. The van der Waals surface area contributed by atoms with Gasteiger partial charge < -0.3 is 9.09 Å². The summed E-state index contributed by atoms with van der Waals surface area (Å²) >= 11 is 0. The van der Waals surface area contributed by atoms with Crippen molar-refractivity contribution in [3.05, 3.63) is 46.2 Å². The first-order valence-corrected chi connectivity index (χ1v) is 9.59. The minimum absolute atomic E-state index is 0.151. The van der Waals surface area contributed by atoms with Gasteiger partial charge in [-0.1, -0.05) is 18.5 Å². The van der Waals surface area contributed by atoms with Crippen LogP contribution in [-0.2, 0) is 23.0 Å². The van der Waals surface area contributed by atoms with E-state index in [1.807, 2.05) is 6.92 Å². The van der Waals surface area contributed by atoms with Crippen LogP contribution in [0.25, 0.3) is 0 Å². The zero-order valence-electron chi connectivity index (χ0n) is 13.6. The quantitative estimate of drug-likeness (QED) is 0.817. The van der Waals surface area contributed by atoms with Gasteiger partial charge in [0.1, 0.15) is 6.26 Å². The Kier molecular flexibility index (Phi) is 4.86. The molecule has 130 valence electrons. The van der Waals surface area contributed by atoms with Gasteiger partial charge in [-0.3, -0.25) is 4.79 Å². The number of nitrogens with zero attached hydrogens (tertiary/aromatic N) is 3. The van der Waals surface area contributed by atoms with Crippen LogP contribution < -0.4 is 5.56 Å². The van der Waals surface area contributed by atoms with Crippen LogP contribution in [0.15, 0.2) is 38.8 Å². The summed E-state index contributed by atoms with van der Waals surface area (Å²) in [6.07, 6.45) is 6.40. The van der Waals surface area contributed by atoms with E-state index in [4.69, 9.17) is 4.52 Å². The highest BCUT2D eigenvalue weighted by atomic mass is 32.2. The maximum atomic E-state index is 12.8. The fourth-order valence-corrected chi connectivity index (χ4v) is 4.46. The molecule has 0 atom stereocenters. The van der Waals surface area contributed by atoms with Gasteiger partial charge in [0.15, 0.2) is 0 Å². The average molecular weight is 351 g/mol. The lowest BCUT2D eigenvalue weighted by Gasteiger charge is -2.26. The molecule has 3 heterocycles. The second-order valence-electron chi connectivity index (χ2n) is 5.94. The van der Waals surface area contributed by atoms with Crippen molar-refractivity contribution < 1.29 is 12.9 Å². The van der Waals surface area contributed by atoms with Crippen molar-refractivity contribution in [2.24, 2.45) is 0 Å². The molecule has 24 heavy (non-hydrogen) atoms. The van der Waals surface area contributed by atoms with Crippen molar-refractivity contribution in [1.29, 1.82) is 0 Å². The Morgan fingerprint density at radius 1 is 1.21 bits per heavy atom. The van der Waals surface area contributed by atoms with Crippen molar-refractivity contribution in [2.75, 3.05) is 13.1 Å². The lowest BCUT2D eigenvalue weighted by Crippen LogP contribution is -2.36. The predicted molar refractivity (Wildman–Crippen MR) is 88.3 cm³/mol. The van der Waals surface area contributed by atoms with E-state index in [1.165, 1.54) is 33.5 Å². The van der Waals surface area contributed by atoms with Crippen LogP contribution in [0.1, 0.15) is 37.4 Å². The third-order valence-corrected chi connectivity index (χ3v) is 6.20. The van der Waals surface area contributed by atoms with E-state index in [0.717, 1.165) is 30.5 Å². The standard InChI is InChI=1S/C16H21N3O4S/c1-2-15-13(12-23-17-15)10-18-11-14(6-7-16(18)20)24(21,22)19-8-4-3-5-9-19/h6-7,11-12H,2-5,8-10H2,1H3. The Bertz CT molecular complexity index is 863. The van der Waals surface area contributed by atoms with Gasteiger partial charge in [0.25, 0.3) is 5.56 Å². The van der Waals surface area contributed by atoms with Gasteiger partial charge in [-0.15, -0.1) is 0 Å². The number of hydrogen-bond donors (Lipinski definition) is 0. The molecule has 1 aliphatic heterocycles. The molecule has 8 heteroatoms. The van der Waals surface area contributed by atoms with E-state index in [-0.39, 0.29) is 17.0 Å². The van der Waals surface area contributed by atoms with E-state index >= 15 is 0 Å². The fourth-order valence-electron chi connectivity index (χ4n) is 2.92. The first-order chi connectivity index (χ1) is 11.5. The topological polar surface area (TPSA) is 85.4 Å². The molecule has 7 nitrogen and oxygen atoms in total. The summed E-state index contributed by atoms with van der Waals surface area (Å²) < 4.78 is 33.4. The van der Waals surface area contributed by atoms with E-state index < -0.39 is 10.0 Å². The lowest BCUT2D eigenvalue weighted by atomic mass is 10.2. The minimum atomic E-state index is -3.56. The summed E-state index contributed by atoms with van der Waals surface area (Å²) in [5.74, 6) is 0. The van der Waals surface area contributed by atoms with Gasteiger partial charge in [0.2, 0.25) is 10.0 Å². The summed E-state index contributed by atoms with van der Waals surface area (Å²) in [6.45, 7) is 3.26. The Balaban J connectivity index is 1.92. The van der Waals surface area contributed by atoms with E-state index in [1.54, 1.807) is 0 Å². The number of aromatic nitrogens is 2. The molecular weight excluding hydrogens is 330 g/mol. The minimum Gasteiger partial charge on any atom is -0.364 e. The molecule has 0 radical (unpaired) electrons. The SMILES string of the molecule is CCc1nocc1Cn1cc(S(=O)(=O)N2CCCCC2)ccc1=O. The van der Waals surface area contributed by atoms with Gasteiger partial charge >= 0.3 is 0 Å². The first-order valence-electron chi connectivity index (χ1n) is 8.15. The van der Waals surface area contributed by atoms with Crippen LogP contribution in [0, 0.1) is 0 Å². The van der Waals surface area contributed by atoms with Crippen LogP contribution in [-0.4, -0.2) is 35.5 Å².